The van der Waals surface area contributed by atoms with E-state index in [1.807, 2.05) is 0 Å². The zero-order valence-electron chi connectivity index (χ0n) is 36.4. The quantitative estimate of drug-likeness (QED) is 0.0181. The van der Waals surface area contributed by atoms with Crippen molar-refractivity contribution in [3.63, 3.8) is 0 Å². The molecule has 59 heavy (non-hydrogen) atoms. The number of hydrogen-bond donors (Lipinski definition) is 7. The van der Waals surface area contributed by atoms with Crippen LogP contribution in [0.4, 0.5) is 0 Å². The summed E-state index contributed by atoms with van der Waals surface area (Å²) < 4.78 is 47.4. The van der Waals surface area contributed by atoms with Crippen molar-refractivity contribution in [1.29, 1.82) is 0 Å². The van der Waals surface area contributed by atoms with Crippen LogP contribution in [-0.4, -0.2) is 107 Å². The fraction of sp³-hybridized carbons (Fsp3) is 0.844. The van der Waals surface area contributed by atoms with E-state index in [9.17, 15) is 38.7 Å². The summed E-state index contributed by atoms with van der Waals surface area (Å²) in [6.07, 6.45) is 29.6. The first-order chi connectivity index (χ1) is 28.4. The fourth-order valence-corrected chi connectivity index (χ4v) is 7.59. The van der Waals surface area contributed by atoms with Gasteiger partial charge in [0.05, 0.1) is 25.4 Å². The highest BCUT2D eigenvalue weighted by Crippen LogP contribution is 2.26. The highest BCUT2D eigenvalue weighted by molar-refractivity contribution is 7.80. The molecule has 1 heterocycles. The molecule has 13 nitrogen and oxygen atoms in total. The first-order valence-electron chi connectivity index (χ1n) is 23.0. The predicted octanol–water partition coefficient (Wildman–Crippen LogP) is 7.69. The lowest BCUT2D eigenvalue weighted by atomic mass is 9.99. The van der Waals surface area contributed by atoms with Crippen LogP contribution in [0.2, 0.25) is 0 Å². The molecule has 0 spiro atoms. The number of aliphatic hydroxyl groups is 5. The normalized spacial score (nSPS) is 21.8. The molecule has 0 saturated carbocycles. The Morgan fingerprint density at radius 3 is 1.63 bits per heavy atom. The first-order valence-corrected chi connectivity index (χ1v) is 24.3. The Kier molecular flexibility index (Phi) is 33.6. The molecular weight excluding hydrogens is 779 g/mol. The molecule has 0 aromatic rings. The Balaban J connectivity index is 2.62. The van der Waals surface area contributed by atoms with Gasteiger partial charge in [-0.3, -0.25) is 9.35 Å². The van der Waals surface area contributed by atoms with Gasteiger partial charge in [0, 0.05) is 0 Å². The van der Waals surface area contributed by atoms with Gasteiger partial charge < -0.3 is 40.3 Å². The zero-order valence-corrected chi connectivity index (χ0v) is 37.2. The third kappa shape index (κ3) is 28.5. The maximum absolute atomic E-state index is 13.0. The summed E-state index contributed by atoms with van der Waals surface area (Å²) in [6.45, 7) is 3.16. The van der Waals surface area contributed by atoms with Crippen LogP contribution in [0.25, 0.3) is 0 Å². The summed E-state index contributed by atoms with van der Waals surface area (Å²) in [6, 6.07) is -1.14. The number of amides is 1. The molecule has 1 saturated heterocycles. The summed E-state index contributed by atoms with van der Waals surface area (Å²) in [4.78, 5) is 13.0. The minimum Gasteiger partial charge on any atom is -0.394 e. The van der Waals surface area contributed by atoms with Crippen molar-refractivity contribution < 1.29 is 57.0 Å². The molecule has 0 aromatic heterocycles. The predicted molar refractivity (Wildman–Crippen MR) is 233 cm³/mol. The molecule has 0 radical (unpaired) electrons. The van der Waals surface area contributed by atoms with Crippen molar-refractivity contribution in [3.8, 4) is 0 Å². The second-order valence-electron chi connectivity index (χ2n) is 16.1. The van der Waals surface area contributed by atoms with E-state index < -0.39 is 78.5 Å². The van der Waals surface area contributed by atoms with Crippen molar-refractivity contribution in [2.45, 2.75) is 230 Å². The van der Waals surface area contributed by atoms with Crippen LogP contribution < -0.4 is 5.32 Å². The fourth-order valence-electron chi connectivity index (χ4n) is 7.08. The van der Waals surface area contributed by atoms with E-state index >= 15 is 0 Å². The molecule has 7 N–H and O–H groups in total. The summed E-state index contributed by atoms with van der Waals surface area (Å²) >= 11 is 0. The standard InChI is InChI=1S/C45H83NO12S/c1-3-5-7-9-11-13-15-16-17-18-19-20-21-22-23-24-26-27-29-31-33-38(48)37(46-44(52)39(49)34-32-30-28-25-14-12-10-8-6-4-2)36-56-45-42(51)43(58-59(53,54)55)41(50)40(35-47)57-45/h20-21,24,26,31,33,37-43,45,47-51H,3-19,22-23,25,27-30,32,34-36H2,1-2H3,(H,46,52)(H,53,54,55)/b21-20+,26-24+,33-31+. The van der Waals surface area contributed by atoms with Crippen LogP contribution in [0.1, 0.15) is 181 Å². The average Bonchev–Trinajstić information content (AvgIpc) is 3.20. The summed E-state index contributed by atoms with van der Waals surface area (Å²) in [5, 5.41) is 55.0. The smallest absolute Gasteiger partial charge is 0.394 e. The topological polar surface area (TPSA) is 212 Å². The van der Waals surface area contributed by atoms with Crippen LogP contribution in [0.3, 0.4) is 0 Å². The van der Waals surface area contributed by atoms with E-state index in [2.05, 4.69) is 47.7 Å². The molecule has 1 aliphatic rings. The lowest BCUT2D eigenvalue weighted by Crippen LogP contribution is -2.61. The number of rotatable bonds is 38. The molecule has 0 bridgehead atoms. The van der Waals surface area contributed by atoms with Crippen LogP contribution in [-0.2, 0) is 28.9 Å². The van der Waals surface area contributed by atoms with Gasteiger partial charge in [0.15, 0.2) is 6.29 Å². The highest BCUT2D eigenvalue weighted by atomic mass is 32.3. The second-order valence-corrected chi connectivity index (χ2v) is 17.2. The largest absolute Gasteiger partial charge is 0.397 e. The zero-order chi connectivity index (χ0) is 43.6. The van der Waals surface area contributed by atoms with Gasteiger partial charge in [-0.05, 0) is 44.9 Å². The molecule has 346 valence electrons. The molecule has 14 heteroatoms. The van der Waals surface area contributed by atoms with Crippen molar-refractivity contribution in [1.82, 2.24) is 5.32 Å². The SMILES string of the molecule is CCCCCCCCCCCC/C=C/CC/C=C/CC/C=C/C(O)C(COC1OC(CO)C(O)C(OS(=O)(=O)O)C1O)NC(=O)C(O)CCCCCCCCCCCC. The van der Waals surface area contributed by atoms with E-state index in [1.165, 1.54) is 109 Å². The Bertz CT molecular complexity index is 1220. The molecule has 8 unspecified atom stereocenters. The van der Waals surface area contributed by atoms with Gasteiger partial charge in [0.2, 0.25) is 5.91 Å². The number of allylic oxidation sites excluding steroid dienone is 5. The van der Waals surface area contributed by atoms with E-state index in [0.717, 1.165) is 44.9 Å². The van der Waals surface area contributed by atoms with Crippen molar-refractivity contribution >= 4 is 16.3 Å². The van der Waals surface area contributed by atoms with E-state index in [-0.39, 0.29) is 6.42 Å². The minimum atomic E-state index is -5.12. The summed E-state index contributed by atoms with van der Waals surface area (Å²) in [5.74, 6) is -0.719. The number of unbranched alkanes of at least 4 members (excludes halogenated alkanes) is 21. The molecule has 0 aromatic carbocycles. The highest BCUT2D eigenvalue weighted by Gasteiger charge is 2.48. The molecule has 1 rings (SSSR count). The Morgan fingerprint density at radius 2 is 1.14 bits per heavy atom. The van der Waals surface area contributed by atoms with Crippen molar-refractivity contribution in [2.75, 3.05) is 13.2 Å². The molecule has 0 aliphatic carbocycles. The first kappa shape index (κ1) is 55.3. The van der Waals surface area contributed by atoms with Gasteiger partial charge in [-0.2, -0.15) is 8.42 Å². The Labute approximate surface area is 357 Å². The van der Waals surface area contributed by atoms with Gasteiger partial charge >= 0.3 is 10.4 Å². The number of hydrogen-bond acceptors (Lipinski definition) is 11. The Morgan fingerprint density at radius 1 is 0.678 bits per heavy atom. The molecule has 8 atom stereocenters. The van der Waals surface area contributed by atoms with Crippen LogP contribution in [0.5, 0.6) is 0 Å². The maximum atomic E-state index is 13.0. The number of ether oxygens (including phenoxy) is 2. The monoisotopic (exact) mass is 862 g/mol. The maximum Gasteiger partial charge on any atom is 0.397 e. The summed E-state index contributed by atoms with van der Waals surface area (Å²) in [5.41, 5.74) is 0. The van der Waals surface area contributed by atoms with E-state index in [0.29, 0.717) is 12.8 Å². The van der Waals surface area contributed by atoms with Crippen LogP contribution >= 0.6 is 0 Å². The molecule has 1 amide bonds. The van der Waals surface area contributed by atoms with Gasteiger partial charge in [-0.25, -0.2) is 4.18 Å². The molecule has 1 fully saturated rings. The van der Waals surface area contributed by atoms with E-state index in [4.69, 9.17) is 14.0 Å². The lowest BCUT2D eigenvalue weighted by molar-refractivity contribution is -0.298. The van der Waals surface area contributed by atoms with Gasteiger partial charge in [0.1, 0.15) is 30.5 Å². The third-order valence-electron chi connectivity index (χ3n) is 10.8. The van der Waals surface area contributed by atoms with Gasteiger partial charge in [0.25, 0.3) is 0 Å². The molecular formula is C45H83NO12S. The number of carbonyl (C=O) groups is 1. The number of aliphatic hydroxyl groups excluding tert-OH is 5. The average molecular weight is 862 g/mol. The van der Waals surface area contributed by atoms with Crippen LogP contribution in [0.15, 0.2) is 36.5 Å². The minimum absolute atomic E-state index is 0.235. The molecule has 1 aliphatic heterocycles. The van der Waals surface area contributed by atoms with Crippen LogP contribution in [0, 0.1) is 0 Å². The lowest BCUT2D eigenvalue weighted by Gasteiger charge is -2.41. The van der Waals surface area contributed by atoms with Gasteiger partial charge in [-0.1, -0.05) is 172 Å². The van der Waals surface area contributed by atoms with Gasteiger partial charge in [-0.15, -0.1) is 0 Å². The summed E-state index contributed by atoms with van der Waals surface area (Å²) in [7, 11) is -5.12. The number of nitrogens with one attached hydrogen (secondary N) is 1. The van der Waals surface area contributed by atoms with Crippen molar-refractivity contribution in [3.05, 3.63) is 36.5 Å². The van der Waals surface area contributed by atoms with Crippen molar-refractivity contribution in [2.24, 2.45) is 0 Å². The Hall–Kier alpha value is -1.72. The second kappa shape index (κ2) is 35.8. The third-order valence-corrected chi connectivity index (χ3v) is 11.2. The van der Waals surface area contributed by atoms with E-state index in [1.54, 1.807) is 6.08 Å². The number of carbonyl (C=O) groups excluding carboxylic acids is 1.